The summed E-state index contributed by atoms with van der Waals surface area (Å²) in [5, 5.41) is 18.4. The molecule has 172 valence electrons. The first-order chi connectivity index (χ1) is 15.3. The zero-order valence-corrected chi connectivity index (χ0v) is 20.2. The van der Waals surface area contributed by atoms with E-state index in [0.717, 1.165) is 41.9 Å². The molecule has 1 aliphatic carbocycles. The van der Waals surface area contributed by atoms with Crippen LogP contribution in [0.15, 0.2) is 28.7 Å². The van der Waals surface area contributed by atoms with Gasteiger partial charge in [-0.2, -0.15) is 0 Å². The van der Waals surface area contributed by atoms with Gasteiger partial charge in [0.1, 0.15) is 0 Å². The second-order valence-corrected chi connectivity index (χ2v) is 9.81. The van der Waals surface area contributed by atoms with Crippen LogP contribution in [0, 0.1) is 5.92 Å². The van der Waals surface area contributed by atoms with Gasteiger partial charge in [-0.05, 0) is 51.9 Å². The molecule has 1 aliphatic rings. The lowest BCUT2D eigenvalue weighted by molar-refractivity contribution is -0.139. The van der Waals surface area contributed by atoms with Crippen molar-refractivity contribution in [3.8, 4) is 16.2 Å². The summed E-state index contributed by atoms with van der Waals surface area (Å²) in [4.78, 5) is 37.2. The summed E-state index contributed by atoms with van der Waals surface area (Å²) >= 11 is 4.40. The third-order valence-corrected chi connectivity index (χ3v) is 7.78. The highest BCUT2D eigenvalue weighted by molar-refractivity contribution is 9.10. The Bertz CT molecular complexity index is 998. The molecule has 32 heavy (non-hydrogen) atoms. The number of ether oxygens (including phenoxy) is 1. The average Bonchev–Trinajstić information content (AvgIpc) is 3.09. The van der Waals surface area contributed by atoms with E-state index in [1.807, 2.05) is 29.2 Å². The van der Waals surface area contributed by atoms with E-state index < -0.39 is 18.5 Å². The van der Waals surface area contributed by atoms with Crippen LogP contribution in [0.4, 0.5) is 0 Å². The number of rotatable bonds is 9. The van der Waals surface area contributed by atoms with Gasteiger partial charge in [0.05, 0.1) is 9.35 Å². The van der Waals surface area contributed by atoms with Crippen LogP contribution in [-0.4, -0.2) is 46.1 Å². The zero-order chi connectivity index (χ0) is 23.3. The number of carbonyl (C=O) groups is 3. The van der Waals surface area contributed by atoms with Gasteiger partial charge in [-0.3, -0.25) is 4.79 Å². The molecule has 0 bridgehead atoms. The molecule has 0 unspecified atom stereocenters. The molecule has 2 N–H and O–H groups in total. The van der Waals surface area contributed by atoms with Gasteiger partial charge in [0.2, 0.25) is 5.91 Å². The number of aliphatic carboxylic acids is 1. The minimum absolute atomic E-state index is 0.00737. The van der Waals surface area contributed by atoms with Crippen LogP contribution in [0.2, 0.25) is 0 Å². The first-order valence-electron chi connectivity index (χ1n) is 10.5. The Morgan fingerprint density at radius 2 is 1.91 bits per heavy atom. The fourth-order valence-electron chi connectivity index (χ4n) is 4.00. The van der Waals surface area contributed by atoms with Gasteiger partial charge in [-0.25, -0.2) is 9.59 Å². The van der Waals surface area contributed by atoms with E-state index >= 15 is 0 Å². The van der Waals surface area contributed by atoms with Gasteiger partial charge in [0.25, 0.3) is 0 Å². The molecule has 1 heterocycles. The normalized spacial score (nSPS) is 14.2. The van der Waals surface area contributed by atoms with E-state index in [1.54, 1.807) is 6.92 Å². The van der Waals surface area contributed by atoms with Crippen molar-refractivity contribution in [2.45, 2.75) is 45.6 Å². The van der Waals surface area contributed by atoms with Crippen molar-refractivity contribution in [2.75, 3.05) is 13.2 Å². The number of carboxylic acid groups (broad SMARTS) is 2. The molecule has 9 heteroatoms. The van der Waals surface area contributed by atoms with Gasteiger partial charge in [0.15, 0.2) is 17.2 Å². The molecule has 0 spiro atoms. The summed E-state index contributed by atoms with van der Waals surface area (Å²) in [6.45, 7) is 2.19. The van der Waals surface area contributed by atoms with Gasteiger partial charge in [-0.15, -0.1) is 11.3 Å². The van der Waals surface area contributed by atoms with E-state index in [-0.39, 0.29) is 16.5 Å². The molecular weight excluding hydrogens is 498 g/mol. The number of amides is 1. The van der Waals surface area contributed by atoms with Crippen molar-refractivity contribution in [3.05, 3.63) is 39.2 Å². The number of benzene rings is 1. The van der Waals surface area contributed by atoms with Crippen LogP contribution in [0.25, 0.3) is 10.4 Å². The topological polar surface area (TPSA) is 104 Å². The minimum atomic E-state index is -1.19. The fourth-order valence-corrected chi connectivity index (χ4v) is 5.89. The van der Waals surface area contributed by atoms with Crippen molar-refractivity contribution in [3.63, 3.8) is 0 Å². The van der Waals surface area contributed by atoms with Crippen molar-refractivity contribution in [1.29, 1.82) is 0 Å². The quantitative estimate of drug-likeness (QED) is 0.463. The number of hydrogen-bond acceptors (Lipinski definition) is 5. The van der Waals surface area contributed by atoms with E-state index in [9.17, 15) is 19.5 Å². The Balaban J connectivity index is 1.84. The molecule has 7 nitrogen and oxygen atoms in total. The summed E-state index contributed by atoms with van der Waals surface area (Å²) in [6.07, 6.45) is 6.02. The first-order valence-corrected chi connectivity index (χ1v) is 12.1. The molecule has 1 amide bonds. The van der Waals surface area contributed by atoms with Crippen LogP contribution >= 0.6 is 27.3 Å². The van der Waals surface area contributed by atoms with Crippen molar-refractivity contribution in [1.82, 2.24) is 4.90 Å². The number of aromatic carboxylic acids is 1. The van der Waals surface area contributed by atoms with Crippen molar-refractivity contribution < 1.29 is 29.3 Å². The Labute approximate surface area is 199 Å². The minimum Gasteiger partial charge on any atom is -0.479 e. The number of halogens is 1. The molecule has 0 aliphatic heterocycles. The van der Waals surface area contributed by atoms with Crippen LogP contribution in [0.5, 0.6) is 5.75 Å². The van der Waals surface area contributed by atoms with Crippen molar-refractivity contribution >= 4 is 45.1 Å². The highest BCUT2D eigenvalue weighted by Crippen LogP contribution is 2.45. The van der Waals surface area contributed by atoms with E-state index in [2.05, 4.69) is 15.9 Å². The number of nitrogens with zero attached hydrogens (tertiary/aromatic N) is 1. The Hall–Kier alpha value is -2.39. The van der Waals surface area contributed by atoms with E-state index in [0.29, 0.717) is 21.8 Å². The molecule has 0 saturated heterocycles. The largest absolute Gasteiger partial charge is 0.479 e. The SMILES string of the molecule is CC(=O)N(Cc1cccc(-c2sc(C(=O)O)c(OCC(=O)O)c2Br)c1)CC1CCCCC1. The third kappa shape index (κ3) is 6.10. The van der Waals surface area contributed by atoms with E-state index in [4.69, 9.17) is 9.84 Å². The molecule has 1 fully saturated rings. The van der Waals surface area contributed by atoms with Crippen LogP contribution in [0.1, 0.15) is 54.3 Å². The molecule has 1 aromatic carbocycles. The molecule has 1 aromatic heterocycles. The average molecular weight is 524 g/mol. The third-order valence-electron chi connectivity index (χ3n) is 5.55. The Morgan fingerprint density at radius 3 is 2.53 bits per heavy atom. The molecule has 1 saturated carbocycles. The predicted octanol–water partition coefficient (Wildman–Crippen LogP) is 5.27. The number of hydrogen-bond donors (Lipinski definition) is 2. The summed E-state index contributed by atoms with van der Waals surface area (Å²) in [6, 6.07) is 7.60. The molecule has 2 aromatic rings. The van der Waals surface area contributed by atoms with E-state index in [1.165, 1.54) is 19.3 Å². The van der Waals surface area contributed by atoms with Gasteiger partial charge < -0.3 is 19.8 Å². The van der Waals surface area contributed by atoms with Crippen LogP contribution < -0.4 is 4.74 Å². The summed E-state index contributed by atoms with van der Waals surface area (Å²) < 4.78 is 5.64. The van der Waals surface area contributed by atoms with Crippen LogP contribution in [-0.2, 0) is 16.1 Å². The highest BCUT2D eigenvalue weighted by atomic mass is 79.9. The maximum atomic E-state index is 12.3. The number of thiophene rings is 1. The second-order valence-electron chi connectivity index (χ2n) is 7.99. The molecular formula is C23H26BrNO6S. The van der Waals surface area contributed by atoms with Crippen molar-refractivity contribution in [2.24, 2.45) is 5.92 Å². The molecule has 0 atom stereocenters. The number of carboxylic acids is 2. The Morgan fingerprint density at radius 1 is 1.19 bits per heavy atom. The molecule has 0 radical (unpaired) electrons. The Kier molecular flexibility index (Phi) is 8.31. The summed E-state index contributed by atoms with van der Waals surface area (Å²) in [7, 11) is 0. The maximum absolute atomic E-state index is 12.3. The van der Waals surface area contributed by atoms with Gasteiger partial charge in [-0.1, -0.05) is 37.5 Å². The van der Waals surface area contributed by atoms with Crippen LogP contribution in [0.3, 0.4) is 0 Å². The highest BCUT2D eigenvalue weighted by Gasteiger charge is 2.25. The lowest BCUT2D eigenvalue weighted by atomic mass is 9.89. The lowest BCUT2D eigenvalue weighted by Crippen LogP contribution is -2.33. The summed E-state index contributed by atoms with van der Waals surface area (Å²) in [5.41, 5.74) is 1.71. The lowest BCUT2D eigenvalue weighted by Gasteiger charge is -2.29. The zero-order valence-electron chi connectivity index (χ0n) is 17.8. The fraction of sp³-hybridized carbons (Fsp3) is 0.435. The standard InChI is InChI=1S/C23H26BrNO6S/c1-14(26)25(11-15-6-3-2-4-7-15)12-16-8-5-9-17(10-16)21-19(24)20(31-13-18(27)28)22(32-21)23(29)30/h5,8-10,15H,2-4,6-7,11-13H2,1H3,(H,27,28)(H,29,30). The molecule has 3 rings (SSSR count). The van der Waals surface area contributed by atoms with Gasteiger partial charge in [0, 0.05) is 20.0 Å². The van der Waals surface area contributed by atoms with Gasteiger partial charge >= 0.3 is 11.9 Å². The first kappa shape index (κ1) is 24.3. The predicted molar refractivity (Wildman–Crippen MR) is 125 cm³/mol. The monoisotopic (exact) mass is 523 g/mol. The number of carbonyl (C=O) groups excluding carboxylic acids is 1. The second kappa shape index (κ2) is 11.0. The maximum Gasteiger partial charge on any atom is 0.349 e. The smallest absolute Gasteiger partial charge is 0.349 e. The summed E-state index contributed by atoms with van der Waals surface area (Å²) in [5.74, 6) is -1.79.